The van der Waals surface area contributed by atoms with Crippen molar-refractivity contribution in [3.8, 4) is 0 Å². The van der Waals surface area contributed by atoms with Crippen molar-refractivity contribution in [2.75, 3.05) is 0 Å². The highest BCUT2D eigenvalue weighted by Gasteiger charge is 2.20. The summed E-state index contributed by atoms with van der Waals surface area (Å²) in [7, 11) is 0. The van der Waals surface area contributed by atoms with Crippen molar-refractivity contribution in [2.45, 2.75) is 25.6 Å². The Hall–Kier alpha value is -3.61. The summed E-state index contributed by atoms with van der Waals surface area (Å²) in [6.07, 6.45) is 2.36. The first kappa shape index (κ1) is 19.2. The van der Waals surface area contributed by atoms with Gasteiger partial charge in [-0.05, 0) is 11.1 Å². The van der Waals surface area contributed by atoms with Gasteiger partial charge in [0.1, 0.15) is 6.61 Å². The average Bonchev–Trinajstić information content (AvgIpc) is 3.16. The topological polar surface area (TPSA) is 93.5 Å². The van der Waals surface area contributed by atoms with Gasteiger partial charge in [-0.2, -0.15) is 5.10 Å². The SMILES string of the molecule is O=C(O)C[C@@H](NC(=O)OCc1ccccc1)c1cnn(Cc2ccccc2)c1. The number of benzene rings is 2. The first-order valence-corrected chi connectivity index (χ1v) is 8.85. The lowest BCUT2D eigenvalue weighted by atomic mass is 10.1. The molecule has 0 spiro atoms. The van der Waals surface area contributed by atoms with Crippen LogP contribution in [0, 0.1) is 0 Å². The first-order chi connectivity index (χ1) is 13.6. The first-order valence-electron chi connectivity index (χ1n) is 8.85. The summed E-state index contributed by atoms with van der Waals surface area (Å²) in [5.41, 5.74) is 2.53. The standard InChI is InChI=1S/C21H21N3O4/c25-20(26)11-19(23-21(27)28-15-17-9-5-2-6-10-17)18-12-22-24(14-18)13-16-7-3-1-4-8-16/h1-10,12,14,19H,11,13,15H2,(H,23,27)(H,25,26)/t19-/m1/s1. The molecule has 1 heterocycles. The van der Waals surface area contributed by atoms with Crippen LogP contribution in [0.4, 0.5) is 4.79 Å². The maximum Gasteiger partial charge on any atom is 0.407 e. The van der Waals surface area contributed by atoms with Crippen molar-refractivity contribution in [2.24, 2.45) is 0 Å². The largest absolute Gasteiger partial charge is 0.481 e. The molecule has 7 nitrogen and oxygen atoms in total. The molecule has 2 aromatic carbocycles. The zero-order valence-electron chi connectivity index (χ0n) is 15.2. The summed E-state index contributed by atoms with van der Waals surface area (Å²) in [5, 5.41) is 16.1. The van der Waals surface area contributed by atoms with Gasteiger partial charge < -0.3 is 15.2 Å². The average molecular weight is 379 g/mol. The molecular weight excluding hydrogens is 358 g/mol. The minimum absolute atomic E-state index is 0.111. The van der Waals surface area contributed by atoms with E-state index in [1.165, 1.54) is 0 Å². The second-order valence-electron chi connectivity index (χ2n) is 6.31. The molecule has 0 unspecified atom stereocenters. The van der Waals surface area contributed by atoms with Crippen molar-refractivity contribution in [3.05, 3.63) is 89.7 Å². The Morgan fingerprint density at radius 2 is 1.68 bits per heavy atom. The molecule has 3 aromatic rings. The highest BCUT2D eigenvalue weighted by atomic mass is 16.5. The van der Waals surface area contributed by atoms with Crippen LogP contribution in [0.1, 0.15) is 29.2 Å². The molecule has 1 aromatic heterocycles. The lowest BCUT2D eigenvalue weighted by Crippen LogP contribution is -2.30. The van der Waals surface area contributed by atoms with Crippen LogP contribution in [-0.4, -0.2) is 26.9 Å². The molecule has 0 radical (unpaired) electrons. The second kappa shape index (κ2) is 9.36. The van der Waals surface area contributed by atoms with Crippen LogP contribution in [0.15, 0.2) is 73.1 Å². The maximum atomic E-state index is 12.1. The fourth-order valence-electron chi connectivity index (χ4n) is 2.75. The molecule has 0 saturated heterocycles. The van der Waals surface area contributed by atoms with Crippen molar-refractivity contribution < 1.29 is 19.4 Å². The highest BCUT2D eigenvalue weighted by molar-refractivity contribution is 5.71. The van der Waals surface area contributed by atoms with E-state index in [1.807, 2.05) is 60.7 Å². The van der Waals surface area contributed by atoms with Crippen LogP contribution >= 0.6 is 0 Å². The van der Waals surface area contributed by atoms with Gasteiger partial charge in [0.15, 0.2) is 0 Å². The number of carboxylic acids is 1. The Labute approximate surface area is 162 Å². The van der Waals surface area contributed by atoms with Gasteiger partial charge in [-0.15, -0.1) is 0 Å². The number of carboxylic acid groups (broad SMARTS) is 1. The van der Waals surface area contributed by atoms with Gasteiger partial charge in [-0.3, -0.25) is 9.48 Å². The molecule has 0 fully saturated rings. The van der Waals surface area contributed by atoms with Crippen molar-refractivity contribution >= 4 is 12.1 Å². The number of carbonyl (C=O) groups excluding carboxylic acids is 1. The van der Waals surface area contributed by atoms with E-state index >= 15 is 0 Å². The number of carbonyl (C=O) groups is 2. The van der Waals surface area contributed by atoms with Crippen LogP contribution in [0.5, 0.6) is 0 Å². The van der Waals surface area contributed by atoms with Crippen molar-refractivity contribution in [3.63, 3.8) is 0 Å². The van der Waals surface area contributed by atoms with E-state index in [0.717, 1.165) is 11.1 Å². The molecule has 2 N–H and O–H groups in total. The predicted molar refractivity (Wildman–Crippen MR) is 103 cm³/mol. The van der Waals surface area contributed by atoms with Gasteiger partial charge in [0.25, 0.3) is 0 Å². The number of hydrogen-bond acceptors (Lipinski definition) is 4. The zero-order chi connectivity index (χ0) is 19.8. The molecule has 1 amide bonds. The summed E-state index contributed by atoms with van der Waals surface area (Å²) in [6.45, 7) is 0.665. The van der Waals surface area contributed by atoms with E-state index in [-0.39, 0.29) is 13.0 Å². The lowest BCUT2D eigenvalue weighted by molar-refractivity contribution is -0.137. The van der Waals surface area contributed by atoms with Gasteiger partial charge in [-0.1, -0.05) is 60.7 Å². The number of alkyl carbamates (subject to hydrolysis) is 1. The summed E-state index contributed by atoms with van der Waals surface area (Å²) >= 11 is 0. The van der Waals surface area contributed by atoms with E-state index in [2.05, 4.69) is 10.4 Å². The van der Waals surface area contributed by atoms with Crippen LogP contribution in [0.25, 0.3) is 0 Å². The van der Waals surface area contributed by atoms with Gasteiger partial charge in [0.05, 0.1) is 25.2 Å². The monoisotopic (exact) mass is 379 g/mol. The molecule has 144 valence electrons. The van der Waals surface area contributed by atoms with Crippen LogP contribution in [0.3, 0.4) is 0 Å². The molecule has 0 aliphatic heterocycles. The van der Waals surface area contributed by atoms with E-state index < -0.39 is 18.1 Å². The van der Waals surface area contributed by atoms with E-state index in [0.29, 0.717) is 12.1 Å². The smallest absolute Gasteiger partial charge is 0.407 e. The second-order valence-corrected chi connectivity index (χ2v) is 6.31. The Bertz CT molecular complexity index is 910. The molecular formula is C21H21N3O4. The van der Waals surface area contributed by atoms with Crippen LogP contribution in [0.2, 0.25) is 0 Å². The molecule has 28 heavy (non-hydrogen) atoms. The van der Waals surface area contributed by atoms with Crippen LogP contribution in [-0.2, 0) is 22.7 Å². The normalized spacial score (nSPS) is 11.6. The van der Waals surface area contributed by atoms with Crippen LogP contribution < -0.4 is 5.32 Å². The predicted octanol–water partition coefficient (Wildman–Crippen LogP) is 3.37. The quantitative estimate of drug-likeness (QED) is 0.626. The minimum atomic E-state index is -1.02. The number of ether oxygens (including phenoxy) is 1. The number of hydrogen-bond donors (Lipinski definition) is 2. The van der Waals surface area contributed by atoms with Crippen molar-refractivity contribution in [1.29, 1.82) is 0 Å². The van der Waals surface area contributed by atoms with E-state index in [4.69, 9.17) is 4.74 Å². The Morgan fingerprint density at radius 1 is 1.04 bits per heavy atom. The number of aliphatic carboxylic acids is 1. The molecule has 1 atom stereocenters. The van der Waals surface area contributed by atoms with E-state index in [1.54, 1.807) is 17.1 Å². The fourth-order valence-corrected chi connectivity index (χ4v) is 2.75. The maximum absolute atomic E-state index is 12.1. The molecule has 0 aliphatic rings. The van der Waals surface area contributed by atoms with Gasteiger partial charge >= 0.3 is 12.1 Å². The Balaban J connectivity index is 1.63. The zero-order valence-corrected chi connectivity index (χ0v) is 15.2. The minimum Gasteiger partial charge on any atom is -0.481 e. The number of aromatic nitrogens is 2. The summed E-state index contributed by atoms with van der Waals surface area (Å²) in [4.78, 5) is 23.3. The Kier molecular flexibility index (Phi) is 6.41. The van der Waals surface area contributed by atoms with Gasteiger partial charge in [0, 0.05) is 11.8 Å². The molecule has 0 aliphatic carbocycles. The number of rotatable bonds is 8. The third-order valence-corrected chi connectivity index (χ3v) is 4.13. The molecule has 3 rings (SSSR count). The molecule has 7 heteroatoms. The van der Waals surface area contributed by atoms with E-state index in [9.17, 15) is 14.7 Å². The summed E-state index contributed by atoms with van der Waals surface area (Å²) in [5.74, 6) is -1.02. The Morgan fingerprint density at radius 3 is 2.32 bits per heavy atom. The van der Waals surface area contributed by atoms with Gasteiger partial charge in [0.2, 0.25) is 0 Å². The summed E-state index contributed by atoms with van der Waals surface area (Å²) in [6, 6.07) is 18.3. The third kappa shape index (κ3) is 5.70. The molecule has 0 bridgehead atoms. The lowest BCUT2D eigenvalue weighted by Gasteiger charge is -2.15. The number of nitrogens with zero attached hydrogens (tertiary/aromatic N) is 2. The summed E-state index contributed by atoms with van der Waals surface area (Å²) < 4.78 is 6.90. The fraction of sp³-hybridized carbons (Fsp3) is 0.190. The third-order valence-electron chi connectivity index (χ3n) is 4.13. The van der Waals surface area contributed by atoms with Crippen molar-refractivity contribution in [1.82, 2.24) is 15.1 Å². The highest BCUT2D eigenvalue weighted by Crippen LogP contribution is 2.17. The van der Waals surface area contributed by atoms with Gasteiger partial charge in [-0.25, -0.2) is 4.79 Å². The molecule has 0 saturated carbocycles. The number of nitrogens with one attached hydrogen (secondary N) is 1. The number of amides is 1.